The molecule has 0 unspecified atom stereocenters. The molecule has 1 fully saturated rings. The molecular weight excluding hydrogens is 338 g/mol. The van der Waals surface area contributed by atoms with Crippen molar-refractivity contribution >= 4 is 17.5 Å². The lowest BCUT2D eigenvalue weighted by molar-refractivity contribution is 0.313. The zero-order valence-corrected chi connectivity index (χ0v) is 15.6. The zero-order valence-electron chi connectivity index (χ0n) is 15.6. The number of nitrogens with one attached hydrogen (secondary N) is 1. The van der Waals surface area contributed by atoms with Crippen LogP contribution in [-0.2, 0) is 0 Å². The van der Waals surface area contributed by atoms with Crippen molar-refractivity contribution in [3.8, 4) is 11.3 Å². The summed E-state index contributed by atoms with van der Waals surface area (Å²) in [5.41, 5.74) is 4.93. The van der Waals surface area contributed by atoms with Gasteiger partial charge in [0.1, 0.15) is 5.65 Å². The van der Waals surface area contributed by atoms with Crippen molar-refractivity contribution in [1.82, 2.24) is 14.3 Å². The van der Waals surface area contributed by atoms with Gasteiger partial charge in [-0.2, -0.15) is 0 Å². The van der Waals surface area contributed by atoms with Crippen LogP contribution in [0.5, 0.6) is 0 Å². The van der Waals surface area contributed by atoms with E-state index in [9.17, 15) is 4.79 Å². The quantitative estimate of drug-likeness (QED) is 0.728. The van der Waals surface area contributed by atoms with Crippen LogP contribution in [0.3, 0.4) is 0 Å². The molecule has 1 aliphatic rings. The monoisotopic (exact) mass is 361 g/mol. The normalized spacial score (nSPS) is 15.3. The Morgan fingerprint density at radius 2 is 1.85 bits per heavy atom. The van der Waals surface area contributed by atoms with Gasteiger partial charge in [-0.25, -0.2) is 4.98 Å². The highest BCUT2D eigenvalue weighted by Gasteiger charge is 2.15. The molecule has 1 saturated heterocycles. The number of piperazine rings is 1. The van der Waals surface area contributed by atoms with Gasteiger partial charge >= 0.3 is 0 Å². The summed E-state index contributed by atoms with van der Waals surface area (Å²) < 4.78 is 1.61. The van der Waals surface area contributed by atoms with Crippen LogP contribution in [0.15, 0.2) is 47.4 Å². The van der Waals surface area contributed by atoms with Crippen molar-refractivity contribution in [3.05, 3.63) is 64.1 Å². The number of rotatable bonds is 3. The van der Waals surface area contributed by atoms with E-state index in [1.165, 1.54) is 6.21 Å². The van der Waals surface area contributed by atoms with Gasteiger partial charge < -0.3 is 15.2 Å². The first kappa shape index (κ1) is 17.4. The summed E-state index contributed by atoms with van der Waals surface area (Å²) in [5.74, 6) is 0. The molecule has 0 bridgehead atoms. The van der Waals surface area contributed by atoms with E-state index in [4.69, 9.17) is 5.41 Å². The van der Waals surface area contributed by atoms with Crippen LogP contribution in [-0.4, -0.2) is 53.7 Å². The maximum Gasteiger partial charge on any atom is 0.258 e. The number of benzene rings is 1. The van der Waals surface area contributed by atoms with E-state index in [0.29, 0.717) is 11.3 Å². The van der Waals surface area contributed by atoms with Crippen molar-refractivity contribution in [2.45, 2.75) is 6.92 Å². The Kier molecular flexibility index (Phi) is 4.49. The number of aromatic nitrogens is 2. The fraction of sp³-hybridized carbons (Fsp3) is 0.286. The van der Waals surface area contributed by atoms with Crippen LogP contribution in [0.1, 0.15) is 11.1 Å². The van der Waals surface area contributed by atoms with Crippen LogP contribution in [0.4, 0.5) is 5.69 Å². The molecule has 6 heteroatoms. The van der Waals surface area contributed by atoms with Gasteiger partial charge in [0.15, 0.2) is 0 Å². The molecule has 138 valence electrons. The van der Waals surface area contributed by atoms with Gasteiger partial charge in [0.25, 0.3) is 5.56 Å². The molecule has 0 saturated carbocycles. The summed E-state index contributed by atoms with van der Waals surface area (Å²) in [6, 6.07) is 11.3. The highest BCUT2D eigenvalue weighted by Crippen LogP contribution is 2.21. The van der Waals surface area contributed by atoms with Crippen LogP contribution in [0, 0.1) is 12.3 Å². The van der Waals surface area contributed by atoms with E-state index < -0.39 is 0 Å². The van der Waals surface area contributed by atoms with Crippen molar-refractivity contribution in [2.75, 3.05) is 38.1 Å². The first-order valence-electron chi connectivity index (χ1n) is 9.13. The highest BCUT2D eigenvalue weighted by atomic mass is 16.1. The van der Waals surface area contributed by atoms with Gasteiger partial charge in [-0.05, 0) is 43.3 Å². The predicted octanol–water partition coefficient (Wildman–Crippen LogP) is 2.42. The Balaban J connectivity index is 1.73. The zero-order chi connectivity index (χ0) is 19.0. The van der Waals surface area contributed by atoms with E-state index in [1.807, 2.05) is 43.5 Å². The Hall–Kier alpha value is -2.99. The fourth-order valence-corrected chi connectivity index (χ4v) is 3.45. The average molecular weight is 361 g/mol. The summed E-state index contributed by atoms with van der Waals surface area (Å²) in [4.78, 5) is 22.0. The Morgan fingerprint density at radius 3 is 2.59 bits per heavy atom. The van der Waals surface area contributed by atoms with E-state index in [2.05, 4.69) is 21.8 Å². The number of fused-ring (bicyclic) bond motifs is 1. The molecule has 3 heterocycles. The molecule has 1 aliphatic heterocycles. The van der Waals surface area contributed by atoms with Gasteiger partial charge in [0.2, 0.25) is 0 Å². The summed E-state index contributed by atoms with van der Waals surface area (Å²) in [5, 5.41) is 7.53. The second kappa shape index (κ2) is 6.96. The molecule has 1 N–H and O–H groups in total. The third kappa shape index (κ3) is 3.36. The smallest absolute Gasteiger partial charge is 0.258 e. The van der Waals surface area contributed by atoms with Gasteiger partial charge in [0, 0.05) is 50.2 Å². The SMILES string of the molecule is Cc1ccc(-c2cc(=O)n3cc(N4CCN(C)CC4)ccc3n2)cc1C=N. The predicted molar refractivity (Wildman–Crippen MR) is 109 cm³/mol. The van der Waals surface area contributed by atoms with Crippen LogP contribution >= 0.6 is 0 Å². The lowest BCUT2D eigenvalue weighted by Gasteiger charge is -2.34. The average Bonchev–Trinajstić information content (AvgIpc) is 2.68. The van der Waals surface area contributed by atoms with Crippen molar-refractivity contribution in [1.29, 1.82) is 5.41 Å². The minimum Gasteiger partial charge on any atom is -0.368 e. The molecule has 1 aromatic carbocycles. The minimum atomic E-state index is -0.0945. The largest absolute Gasteiger partial charge is 0.368 e. The second-order valence-electron chi connectivity index (χ2n) is 7.10. The molecule has 3 aromatic rings. The van der Waals surface area contributed by atoms with E-state index in [-0.39, 0.29) is 5.56 Å². The van der Waals surface area contributed by atoms with E-state index >= 15 is 0 Å². The Bertz CT molecular complexity index is 1060. The van der Waals surface area contributed by atoms with Gasteiger partial charge in [-0.3, -0.25) is 9.20 Å². The topological polar surface area (TPSA) is 64.7 Å². The summed E-state index contributed by atoms with van der Waals surface area (Å²) in [6.07, 6.45) is 3.22. The van der Waals surface area contributed by atoms with Crippen LogP contribution in [0.2, 0.25) is 0 Å². The minimum absolute atomic E-state index is 0.0945. The summed E-state index contributed by atoms with van der Waals surface area (Å²) in [6.45, 7) is 5.92. The van der Waals surface area contributed by atoms with Crippen LogP contribution < -0.4 is 10.5 Å². The Morgan fingerprint density at radius 1 is 1.07 bits per heavy atom. The maximum absolute atomic E-state index is 12.7. The highest BCUT2D eigenvalue weighted by molar-refractivity contribution is 5.82. The molecule has 2 aromatic heterocycles. The first-order valence-corrected chi connectivity index (χ1v) is 9.13. The standard InChI is InChI=1S/C21H23N5O/c1-15-3-4-16(11-17(15)13-22)19-12-21(27)26-14-18(5-6-20(26)23-19)25-9-7-24(2)8-10-25/h3-6,11-14,22H,7-10H2,1-2H3. The lowest BCUT2D eigenvalue weighted by atomic mass is 10.0. The molecule has 27 heavy (non-hydrogen) atoms. The number of anilines is 1. The number of pyridine rings is 1. The second-order valence-corrected chi connectivity index (χ2v) is 7.10. The molecule has 0 spiro atoms. The van der Waals surface area contributed by atoms with Crippen molar-refractivity contribution < 1.29 is 0 Å². The molecule has 0 aliphatic carbocycles. The first-order chi connectivity index (χ1) is 13.0. The van der Waals surface area contributed by atoms with Crippen molar-refractivity contribution in [2.24, 2.45) is 0 Å². The molecule has 0 radical (unpaired) electrons. The van der Waals surface area contributed by atoms with Gasteiger partial charge in [-0.15, -0.1) is 0 Å². The number of nitrogens with zero attached hydrogens (tertiary/aromatic N) is 4. The number of hydrogen-bond acceptors (Lipinski definition) is 5. The van der Waals surface area contributed by atoms with Crippen molar-refractivity contribution in [3.63, 3.8) is 0 Å². The molecule has 4 rings (SSSR count). The maximum atomic E-state index is 12.7. The molecular formula is C21H23N5O. The van der Waals surface area contributed by atoms with Crippen LogP contribution in [0.25, 0.3) is 16.9 Å². The third-order valence-electron chi connectivity index (χ3n) is 5.24. The molecule has 0 amide bonds. The summed E-state index contributed by atoms with van der Waals surface area (Å²) >= 11 is 0. The fourth-order valence-electron chi connectivity index (χ4n) is 3.45. The molecule has 0 atom stereocenters. The number of hydrogen-bond donors (Lipinski definition) is 1. The Labute approximate surface area is 158 Å². The third-order valence-corrected chi connectivity index (χ3v) is 5.24. The number of aryl methyl sites for hydroxylation is 1. The summed E-state index contributed by atoms with van der Waals surface area (Å²) in [7, 11) is 2.13. The number of likely N-dealkylation sites (N-methyl/N-ethyl adjacent to an activating group) is 1. The van der Waals surface area contributed by atoms with Gasteiger partial charge in [0.05, 0.1) is 11.4 Å². The van der Waals surface area contributed by atoms with Gasteiger partial charge in [-0.1, -0.05) is 12.1 Å². The lowest BCUT2D eigenvalue weighted by Crippen LogP contribution is -2.44. The van der Waals surface area contributed by atoms with E-state index in [1.54, 1.807) is 10.5 Å². The molecule has 6 nitrogen and oxygen atoms in total. The van der Waals surface area contributed by atoms with E-state index in [0.717, 1.165) is 48.6 Å².